The maximum Gasteiger partial charge on any atom is 0.136 e. The molecule has 5 heteroatoms. The standard InChI is InChI=1S/C20H29N5/c1-4-15(2)21-19-14-20(23-16(3)22-19)24-17-8-10-18(11-9-17)25-12-6-5-7-13-25/h8-11,14-15H,4-7,12-13H2,1-3H3,(H2,21,22,23,24). The van der Waals surface area contributed by atoms with Crippen molar-refractivity contribution in [2.45, 2.75) is 52.5 Å². The molecular formula is C20H29N5. The van der Waals surface area contributed by atoms with Crippen molar-refractivity contribution in [3.05, 3.63) is 36.2 Å². The van der Waals surface area contributed by atoms with Crippen LogP contribution in [0.2, 0.25) is 0 Å². The largest absolute Gasteiger partial charge is 0.372 e. The van der Waals surface area contributed by atoms with E-state index in [-0.39, 0.29) is 0 Å². The van der Waals surface area contributed by atoms with Crippen LogP contribution < -0.4 is 15.5 Å². The average molecular weight is 339 g/mol. The SMILES string of the molecule is CCC(C)Nc1cc(Nc2ccc(N3CCCCC3)cc2)nc(C)n1. The number of anilines is 4. The smallest absolute Gasteiger partial charge is 0.136 e. The Morgan fingerprint density at radius 3 is 2.40 bits per heavy atom. The second-order valence-corrected chi connectivity index (χ2v) is 6.86. The third-order valence-corrected chi connectivity index (χ3v) is 4.71. The van der Waals surface area contributed by atoms with Gasteiger partial charge < -0.3 is 15.5 Å². The first kappa shape index (κ1) is 17.5. The molecule has 0 spiro atoms. The van der Waals surface area contributed by atoms with Crippen molar-refractivity contribution >= 4 is 23.0 Å². The van der Waals surface area contributed by atoms with Gasteiger partial charge in [0, 0.05) is 36.6 Å². The lowest BCUT2D eigenvalue weighted by Crippen LogP contribution is -2.29. The van der Waals surface area contributed by atoms with Crippen LogP contribution in [0, 0.1) is 6.92 Å². The molecule has 0 amide bonds. The van der Waals surface area contributed by atoms with Crippen LogP contribution in [-0.4, -0.2) is 29.1 Å². The van der Waals surface area contributed by atoms with E-state index in [2.05, 4.69) is 63.6 Å². The minimum atomic E-state index is 0.394. The molecule has 0 radical (unpaired) electrons. The molecule has 1 atom stereocenters. The van der Waals surface area contributed by atoms with Crippen molar-refractivity contribution in [1.29, 1.82) is 0 Å². The number of piperidine rings is 1. The van der Waals surface area contributed by atoms with Gasteiger partial charge in [0.2, 0.25) is 0 Å². The van der Waals surface area contributed by atoms with Gasteiger partial charge in [-0.1, -0.05) is 6.92 Å². The highest BCUT2D eigenvalue weighted by Gasteiger charge is 2.11. The molecule has 2 aromatic rings. The summed E-state index contributed by atoms with van der Waals surface area (Å²) in [7, 11) is 0. The Morgan fingerprint density at radius 2 is 1.72 bits per heavy atom. The molecule has 25 heavy (non-hydrogen) atoms. The molecule has 2 N–H and O–H groups in total. The van der Waals surface area contributed by atoms with Crippen LogP contribution in [0.4, 0.5) is 23.0 Å². The third kappa shape index (κ3) is 4.84. The van der Waals surface area contributed by atoms with E-state index in [1.54, 1.807) is 0 Å². The maximum absolute atomic E-state index is 4.50. The molecule has 1 fully saturated rings. The highest BCUT2D eigenvalue weighted by atomic mass is 15.1. The van der Waals surface area contributed by atoms with Gasteiger partial charge in [-0.2, -0.15) is 0 Å². The van der Waals surface area contributed by atoms with Gasteiger partial charge in [0.1, 0.15) is 17.5 Å². The lowest BCUT2D eigenvalue weighted by Gasteiger charge is -2.28. The Hall–Kier alpha value is -2.30. The predicted octanol–water partition coefficient (Wildman–Crippen LogP) is 4.73. The molecule has 0 bridgehead atoms. The van der Waals surface area contributed by atoms with Crippen LogP contribution in [-0.2, 0) is 0 Å². The first-order chi connectivity index (χ1) is 12.1. The molecule has 1 aliphatic heterocycles. The summed E-state index contributed by atoms with van der Waals surface area (Å²) in [6.45, 7) is 8.58. The van der Waals surface area contributed by atoms with Gasteiger partial charge in [0.15, 0.2) is 0 Å². The van der Waals surface area contributed by atoms with Crippen LogP contribution in [0.1, 0.15) is 45.4 Å². The quantitative estimate of drug-likeness (QED) is 0.797. The van der Waals surface area contributed by atoms with Crippen LogP contribution in [0.5, 0.6) is 0 Å². The van der Waals surface area contributed by atoms with Gasteiger partial charge in [0.05, 0.1) is 0 Å². The van der Waals surface area contributed by atoms with Crippen molar-refractivity contribution in [3.63, 3.8) is 0 Å². The molecule has 5 nitrogen and oxygen atoms in total. The minimum Gasteiger partial charge on any atom is -0.372 e. The Morgan fingerprint density at radius 1 is 1.04 bits per heavy atom. The second kappa shape index (κ2) is 8.19. The maximum atomic E-state index is 4.50. The molecule has 1 unspecified atom stereocenters. The Bertz CT molecular complexity index is 677. The molecule has 1 aromatic carbocycles. The van der Waals surface area contributed by atoms with Crippen molar-refractivity contribution in [2.75, 3.05) is 28.6 Å². The summed E-state index contributed by atoms with van der Waals surface area (Å²) in [5.41, 5.74) is 2.36. The first-order valence-electron chi connectivity index (χ1n) is 9.38. The van der Waals surface area contributed by atoms with E-state index in [9.17, 15) is 0 Å². The van der Waals surface area contributed by atoms with Crippen LogP contribution >= 0.6 is 0 Å². The minimum absolute atomic E-state index is 0.394. The van der Waals surface area contributed by atoms with Crippen LogP contribution in [0.3, 0.4) is 0 Å². The number of aryl methyl sites for hydroxylation is 1. The van der Waals surface area contributed by atoms with Crippen molar-refractivity contribution < 1.29 is 0 Å². The molecule has 1 saturated heterocycles. The topological polar surface area (TPSA) is 53.1 Å². The van der Waals surface area contributed by atoms with E-state index in [1.165, 1.54) is 38.0 Å². The second-order valence-electron chi connectivity index (χ2n) is 6.86. The third-order valence-electron chi connectivity index (χ3n) is 4.71. The summed E-state index contributed by atoms with van der Waals surface area (Å²) >= 11 is 0. The number of hydrogen-bond acceptors (Lipinski definition) is 5. The number of nitrogens with one attached hydrogen (secondary N) is 2. The average Bonchev–Trinajstić information content (AvgIpc) is 2.62. The Labute approximate surface area is 150 Å². The first-order valence-corrected chi connectivity index (χ1v) is 9.38. The number of nitrogens with zero attached hydrogens (tertiary/aromatic N) is 3. The number of rotatable bonds is 6. The summed E-state index contributed by atoms with van der Waals surface area (Å²) in [6, 6.07) is 11.0. The molecule has 2 heterocycles. The lowest BCUT2D eigenvalue weighted by molar-refractivity contribution is 0.578. The molecule has 3 rings (SSSR count). The molecule has 1 aromatic heterocycles. The molecule has 0 aliphatic carbocycles. The molecule has 0 saturated carbocycles. The molecular weight excluding hydrogens is 310 g/mol. The number of hydrogen-bond donors (Lipinski definition) is 2. The monoisotopic (exact) mass is 339 g/mol. The number of benzene rings is 1. The zero-order chi connectivity index (χ0) is 17.6. The van der Waals surface area contributed by atoms with Gasteiger partial charge in [-0.05, 0) is 63.8 Å². The summed E-state index contributed by atoms with van der Waals surface area (Å²) in [6.07, 6.45) is 5.01. The van der Waals surface area contributed by atoms with Crippen molar-refractivity contribution in [2.24, 2.45) is 0 Å². The summed E-state index contributed by atoms with van der Waals surface area (Å²) in [5.74, 6) is 2.46. The Balaban J connectivity index is 1.69. The van der Waals surface area contributed by atoms with Gasteiger partial charge >= 0.3 is 0 Å². The van der Waals surface area contributed by atoms with Gasteiger partial charge in [-0.25, -0.2) is 9.97 Å². The molecule has 134 valence electrons. The van der Waals surface area contributed by atoms with E-state index in [0.717, 1.165) is 29.6 Å². The van der Waals surface area contributed by atoms with E-state index >= 15 is 0 Å². The highest BCUT2D eigenvalue weighted by molar-refractivity contribution is 5.62. The van der Waals surface area contributed by atoms with E-state index in [1.807, 2.05) is 13.0 Å². The fraction of sp³-hybridized carbons (Fsp3) is 0.500. The van der Waals surface area contributed by atoms with E-state index < -0.39 is 0 Å². The van der Waals surface area contributed by atoms with Gasteiger partial charge in [0.25, 0.3) is 0 Å². The fourth-order valence-corrected chi connectivity index (χ4v) is 3.12. The lowest BCUT2D eigenvalue weighted by atomic mass is 10.1. The van der Waals surface area contributed by atoms with Crippen molar-refractivity contribution in [1.82, 2.24) is 9.97 Å². The van der Waals surface area contributed by atoms with Gasteiger partial charge in [-0.3, -0.25) is 0 Å². The van der Waals surface area contributed by atoms with E-state index in [4.69, 9.17) is 0 Å². The summed E-state index contributed by atoms with van der Waals surface area (Å²) in [4.78, 5) is 11.4. The van der Waals surface area contributed by atoms with Crippen LogP contribution in [0.15, 0.2) is 30.3 Å². The predicted molar refractivity (Wildman–Crippen MR) is 106 cm³/mol. The van der Waals surface area contributed by atoms with E-state index in [0.29, 0.717) is 6.04 Å². The summed E-state index contributed by atoms with van der Waals surface area (Å²) < 4.78 is 0. The molecule has 1 aliphatic rings. The highest BCUT2D eigenvalue weighted by Crippen LogP contribution is 2.24. The van der Waals surface area contributed by atoms with Crippen molar-refractivity contribution in [3.8, 4) is 0 Å². The zero-order valence-corrected chi connectivity index (χ0v) is 15.5. The summed E-state index contributed by atoms with van der Waals surface area (Å²) in [5, 5.41) is 6.81. The van der Waals surface area contributed by atoms with Gasteiger partial charge in [-0.15, -0.1) is 0 Å². The number of aromatic nitrogens is 2. The zero-order valence-electron chi connectivity index (χ0n) is 15.5. The Kier molecular flexibility index (Phi) is 5.74. The normalized spacial score (nSPS) is 15.7. The van der Waals surface area contributed by atoms with Crippen LogP contribution in [0.25, 0.3) is 0 Å². The fourth-order valence-electron chi connectivity index (χ4n) is 3.12.